The predicted octanol–water partition coefficient (Wildman–Crippen LogP) is 1.10. The highest BCUT2D eigenvalue weighted by Gasteiger charge is 2.27. The molecule has 1 aromatic carbocycles. The maximum Gasteiger partial charge on any atom is 0.319 e. The van der Waals surface area contributed by atoms with Gasteiger partial charge in [0.2, 0.25) is 5.91 Å². The highest BCUT2D eigenvalue weighted by atomic mass is 32.2. The van der Waals surface area contributed by atoms with Gasteiger partial charge in [0.05, 0.1) is 0 Å². The Bertz CT molecular complexity index is 528. The van der Waals surface area contributed by atoms with E-state index in [0.717, 1.165) is 18.4 Å². The summed E-state index contributed by atoms with van der Waals surface area (Å²) in [6.45, 7) is 0. The van der Waals surface area contributed by atoms with Crippen LogP contribution >= 0.6 is 0 Å². The van der Waals surface area contributed by atoms with Crippen molar-refractivity contribution >= 4 is 22.7 Å². The Kier molecular flexibility index (Phi) is 5.50. The van der Waals surface area contributed by atoms with Crippen molar-refractivity contribution in [2.75, 3.05) is 5.75 Å². The van der Waals surface area contributed by atoms with E-state index in [1.54, 1.807) is 0 Å². The number of hydrogen-bond acceptors (Lipinski definition) is 3. The van der Waals surface area contributed by atoms with E-state index in [2.05, 4.69) is 5.32 Å². The second kappa shape index (κ2) is 7.36. The molecule has 2 rings (SSSR count). The summed E-state index contributed by atoms with van der Waals surface area (Å²) in [5, 5.41) is 11.1. The highest BCUT2D eigenvalue weighted by molar-refractivity contribution is 7.86. The number of rotatable bonds is 8. The number of aliphatic carboxylic acids is 1. The van der Waals surface area contributed by atoms with Gasteiger partial charge in [-0.25, -0.2) is 0 Å². The lowest BCUT2D eigenvalue weighted by molar-refractivity contribution is -0.136. The molecule has 0 saturated heterocycles. The number of benzene rings is 1. The van der Waals surface area contributed by atoms with Gasteiger partial charge in [-0.1, -0.05) is 30.3 Å². The van der Waals surface area contributed by atoms with E-state index in [1.165, 1.54) is 0 Å². The van der Waals surface area contributed by atoms with Gasteiger partial charge < -0.3 is 10.4 Å². The molecule has 1 amide bonds. The van der Waals surface area contributed by atoms with Crippen molar-refractivity contribution in [3.63, 3.8) is 0 Å². The summed E-state index contributed by atoms with van der Waals surface area (Å²) < 4.78 is 12.1. The molecule has 2 unspecified atom stereocenters. The predicted molar refractivity (Wildman–Crippen MR) is 80.4 cm³/mol. The molecule has 2 N–H and O–H groups in total. The van der Waals surface area contributed by atoms with Crippen LogP contribution < -0.4 is 5.32 Å². The monoisotopic (exact) mass is 309 g/mol. The van der Waals surface area contributed by atoms with Crippen LogP contribution in [0, 0.1) is 0 Å². The molecular formula is C15H19NO4S. The van der Waals surface area contributed by atoms with E-state index in [9.17, 15) is 18.9 Å². The lowest BCUT2D eigenvalue weighted by Gasteiger charge is -2.12. The summed E-state index contributed by atoms with van der Waals surface area (Å²) >= 11 is 0. The molecule has 1 saturated carbocycles. The molecule has 1 aliphatic carbocycles. The molecule has 2 atom stereocenters. The standard InChI is InChI=1S/C15H19NO4S/c17-14(16-12-6-7-12)8-9-21(20)13(15(18)19)10-11-4-2-1-3-5-11/h1-5,12-13H,6-10H2,(H,16,17)(H,18,19). The first-order valence-electron chi connectivity index (χ1n) is 6.99. The fraction of sp³-hybridized carbons (Fsp3) is 0.467. The number of carboxylic acid groups (broad SMARTS) is 1. The fourth-order valence-corrected chi connectivity index (χ4v) is 3.26. The van der Waals surface area contributed by atoms with Crippen molar-refractivity contribution in [2.45, 2.75) is 37.0 Å². The maximum atomic E-state index is 12.1. The molecule has 5 nitrogen and oxygen atoms in total. The van der Waals surface area contributed by atoms with Crippen LogP contribution in [0.2, 0.25) is 0 Å². The largest absolute Gasteiger partial charge is 0.480 e. The third-order valence-electron chi connectivity index (χ3n) is 3.33. The van der Waals surface area contributed by atoms with E-state index in [4.69, 9.17) is 0 Å². The summed E-state index contributed by atoms with van der Waals surface area (Å²) in [5.41, 5.74) is 0.834. The lowest BCUT2D eigenvalue weighted by Crippen LogP contribution is -2.32. The van der Waals surface area contributed by atoms with E-state index < -0.39 is 22.0 Å². The third kappa shape index (κ3) is 5.30. The molecule has 114 valence electrons. The van der Waals surface area contributed by atoms with Crippen LogP contribution in [0.3, 0.4) is 0 Å². The summed E-state index contributed by atoms with van der Waals surface area (Å²) in [4.78, 5) is 22.8. The molecule has 0 spiro atoms. The lowest BCUT2D eigenvalue weighted by atomic mass is 10.1. The quantitative estimate of drug-likeness (QED) is 0.753. The average molecular weight is 309 g/mol. The van der Waals surface area contributed by atoms with Gasteiger partial charge in [-0.15, -0.1) is 0 Å². The van der Waals surface area contributed by atoms with E-state index >= 15 is 0 Å². The van der Waals surface area contributed by atoms with Crippen LogP contribution in [-0.4, -0.2) is 38.2 Å². The SMILES string of the molecule is O=C(CCS(=O)C(Cc1ccccc1)C(=O)O)NC1CC1. The first-order chi connectivity index (χ1) is 10.1. The summed E-state index contributed by atoms with van der Waals surface area (Å²) in [5.74, 6) is -1.14. The van der Waals surface area contributed by atoms with Crippen molar-refractivity contribution in [3.8, 4) is 0 Å². The summed E-state index contributed by atoms with van der Waals surface area (Å²) in [6.07, 6.45) is 2.33. The second-order valence-electron chi connectivity index (χ2n) is 5.19. The Morgan fingerprint density at radius 1 is 1.29 bits per heavy atom. The number of hydrogen-bond donors (Lipinski definition) is 2. The molecule has 0 aliphatic heterocycles. The van der Waals surface area contributed by atoms with Gasteiger partial charge in [-0.3, -0.25) is 13.8 Å². The molecule has 1 aromatic rings. The maximum absolute atomic E-state index is 12.1. The zero-order valence-corrected chi connectivity index (χ0v) is 12.5. The van der Waals surface area contributed by atoms with E-state index in [1.807, 2.05) is 30.3 Å². The topological polar surface area (TPSA) is 83.5 Å². The molecule has 0 radical (unpaired) electrons. The Morgan fingerprint density at radius 3 is 2.52 bits per heavy atom. The highest BCUT2D eigenvalue weighted by Crippen LogP contribution is 2.18. The van der Waals surface area contributed by atoms with Crippen LogP contribution in [0.5, 0.6) is 0 Å². The first-order valence-corrected chi connectivity index (χ1v) is 8.37. The van der Waals surface area contributed by atoms with E-state index in [0.29, 0.717) is 0 Å². The first kappa shape index (κ1) is 15.7. The van der Waals surface area contributed by atoms with Crippen molar-refractivity contribution < 1.29 is 18.9 Å². The summed E-state index contributed by atoms with van der Waals surface area (Å²) in [6, 6.07) is 9.38. The van der Waals surface area contributed by atoms with Gasteiger partial charge in [0.15, 0.2) is 0 Å². The van der Waals surface area contributed by atoms with Crippen molar-refractivity contribution in [1.29, 1.82) is 0 Å². The fourth-order valence-electron chi connectivity index (χ4n) is 1.98. The Balaban J connectivity index is 1.86. The minimum atomic E-state index is -1.56. The van der Waals surface area contributed by atoms with Crippen LogP contribution in [0.4, 0.5) is 0 Å². The van der Waals surface area contributed by atoms with Crippen LogP contribution in [-0.2, 0) is 26.8 Å². The zero-order chi connectivity index (χ0) is 15.2. The van der Waals surface area contributed by atoms with Crippen molar-refractivity contribution in [1.82, 2.24) is 5.32 Å². The van der Waals surface area contributed by atoms with E-state index in [-0.39, 0.29) is 30.5 Å². The minimum Gasteiger partial charge on any atom is -0.480 e. The molecule has 1 aliphatic rings. The third-order valence-corrected chi connectivity index (χ3v) is 4.94. The number of carbonyl (C=O) groups excluding carboxylic acids is 1. The molecule has 21 heavy (non-hydrogen) atoms. The molecular weight excluding hydrogens is 290 g/mol. The Morgan fingerprint density at radius 2 is 1.95 bits per heavy atom. The van der Waals surface area contributed by atoms with Crippen LogP contribution in [0.25, 0.3) is 0 Å². The van der Waals surface area contributed by atoms with Gasteiger partial charge in [0.25, 0.3) is 0 Å². The molecule has 0 bridgehead atoms. The molecule has 6 heteroatoms. The Labute approximate surface area is 126 Å². The normalized spacial score (nSPS) is 17.0. The van der Waals surface area contributed by atoms with Crippen LogP contribution in [0.1, 0.15) is 24.8 Å². The van der Waals surface area contributed by atoms with Gasteiger partial charge in [0, 0.05) is 29.0 Å². The van der Waals surface area contributed by atoms with Gasteiger partial charge in [0.1, 0.15) is 5.25 Å². The molecule has 1 fully saturated rings. The molecule has 0 heterocycles. The number of carboxylic acids is 1. The smallest absolute Gasteiger partial charge is 0.319 e. The number of amides is 1. The number of nitrogens with one attached hydrogen (secondary N) is 1. The molecule has 0 aromatic heterocycles. The zero-order valence-electron chi connectivity index (χ0n) is 11.7. The average Bonchev–Trinajstić information content (AvgIpc) is 3.27. The minimum absolute atomic E-state index is 0.0857. The van der Waals surface area contributed by atoms with Crippen LogP contribution in [0.15, 0.2) is 30.3 Å². The summed E-state index contributed by atoms with van der Waals surface area (Å²) in [7, 11) is -1.56. The van der Waals surface area contributed by atoms with Crippen molar-refractivity contribution in [3.05, 3.63) is 35.9 Å². The Hall–Kier alpha value is -1.69. The number of carbonyl (C=O) groups is 2. The van der Waals surface area contributed by atoms with Gasteiger partial charge >= 0.3 is 5.97 Å². The van der Waals surface area contributed by atoms with Crippen molar-refractivity contribution in [2.24, 2.45) is 0 Å². The van der Waals surface area contributed by atoms with Gasteiger partial charge in [-0.05, 0) is 24.8 Å². The second-order valence-corrected chi connectivity index (χ2v) is 6.93. The van der Waals surface area contributed by atoms with Gasteiger partial charge in [-0.2, -0.15) is 0 Å².